The predicted molar refractivity (Wildman–Crippen MR) is 156 cm³/mol. The fraction of sp³-hybridized carbons (Fsp3) is 0.571. The maximum atomic E-state index is 4.33. The quantitative estimate of drug-likeness (QED) is 0.266. The number of hydrogen-bond acceptors (Lipinski definition) is 6. The summed E-state index contributed by atoms with van der Waals surface area (Å²) in [6, 6.07) is 4.09. The maximum Gasteiger partial charge on any atom is 0.0953 e. The summed E-state index contributed by atoms with van der Waals surface area (Å²) in [5.41, 5.74) is 4.69. The molecule has 0 unspecified atom stereocenters. The van der Waals surface area contributed by atoms with Gasteiger partial charge in [-0.3, -0.25) is 9.36 Å². The second-order valence-corrected chi connectivity index (χ2v) is 12.0. The zero-order valence-corrected chi connectivity index (χ0v) is 25.9. The fourth-order valence-electron chi connectivity index (χ4n) is 2.76. The minimum absolute atomic E-state index is 0.547. The lowest BCUT2D eigenvalue weighted by molar-refractivity contribution is 0.713. The normalized spacial score (nSPS) is 10.7. The first-order valence-electron chi connectivity index (χ1n) is 12.6. The van der Waals surface area contributed by atoms with Crippen LogP contribution in [0.2, 0.25) is 0 Å². The van der Waals surface area contributed by atoms with Crippen LogP contribution in [0.3, 0.4) is 0 Å². The fourth-order valence-corrected chi connectivity index (χ4v) is 4.35. The van der Waals surface area contributed by atoms with Crippen molar-refractivity contribution in [2.75, 3.05) is 0 Å². The Kier molecular flexibility index (Phi) is 13.8. The largest absolute Gasteiger partial charge is 0.276 e. The number of aryl methyl sites for hydroxylation is 4. The van der Waals surface area contributed by atoms with E-state index >= 15 is 0 Å². The lowest BCUT2D eigenvalue weighted by atomic mass is 10.1. The van der Waals surface area contributed by atoms with Crippen LogP contribution in [0.25, 0.3) is 0 Å². The number of nitrogens with zero attached hydrogens (tertiary/aromatic N) is 6. The minimum Gasteiger partial charge on any atom is -0.276 e. The van der Waals surface area contributed by atoms with Crippen LogP contribution in [-0.4, -0.2) is 29.5 Å². The van der Waals surface area contributed by atoms with Crippen molar-refractivity contribution in [1.29, 1.82) is 0 Å². The van der Waals surface area contributed by atoms with Crippen molar-refractivity contribution in [1.82, 2.24) is 29.5 Å². The van der Waals surface area contributed by atoms with Gasteiger partial charge in [0.15, 0.2) is 0 Å². The molecule has 4 heterocycles. The van der Waals surface area contributed by atoms with Crippen LogP contribution >= 0.6 is 22.7 Å². The van der Waals surface area contributed by atoms with E-state index in [1.165, 1.54) is 15.7 Å². The standard InChI is InChI=1S/2C7H12N2.2C7H11NS/c2*1-6(2)7-4-5-9(3)8-7;1-5(2)7-4-9-6(3)8-7;1-5(2)7-8-6(3)4-9-7/h2*4-6H,1-3H3;2*4-5H,1-3H3. The highest BCUT2D eigenvalue weighted by atomic mass is 32.1. The van der Waals surface area contributed by atoms with Crippen LogP contribution < -0.4 is 0 Å². The number of rotatable bonds is 4. The van der Waals surface area contributed by atoms with Gasteiger partial charge in [-0.25, -0.2) is 9.97 Å². The molecule has 0 aliphatic carbocycles. The van der Waals surface area contributed by atoms with Gasteiger partial charge >= 0.3 is 0 Å². The average Bonchev–Trinajstić information content (AvgIpc) is 3.58. The SMILES string of the molecule is CC(C)c1ccn(C)n1.CC(C)c1ccn(C)n1.Cc1csc(C(C)C)n1.Cc1nc(C(C)C)cs1. The van der Waals surface area contributed by atoms with Crippen LogP contribution in [0, 0.1) is 13.8 Å². The lowest BCUT2D eigenvalue weighted by Crippen LogP contribution is -1.92. The van der Waals surface area contributed by atoms with Crippen molar-refractivity contribution in [3.8, 4) is 0 Å². The number of hydrogen-bond donors (Lipinski definition) is 0. The van der Waals surface area contributed by atoms with Crippen LogP contribution in [0.15, 0.2) is 35.3 Å². The van der Waals surface area contributed by atoms with Crippen LogP contribution in [0.1, 0.15) is 112 Å². The number of aromatic nitrogens is 6. The summed E-state index contributed by atoms with van der Waals surface area (Å²) in [6.45, 7) is 21.3. The molecule has 36 heavy (non-hydrogen) atoms. The average molecular weight is 531 g/mol. The van der Waals surface area contributed by atoms with E-state index in [0.717, 1.165) is 17.1 Å². The molecule has 8 heteroatoms. The Hall–Kier alpha value is -2.32. The molecule has 0 aromatic carbocycles. The third-order valence-corrected chi connectivity index (χ3v) is 7.07. The highest BCUT2D eigenvalue weighted by Crippen LogP contribution is 2.18. The summed E-state index contributed by atoms with van der Waals surface area (Å²) in [5, 5.41) is 15.1. The monoisotopic (exact) mass is 530 g/mol. The van der Waals surface area contributed by atoms with Gasteiger partial charge in [-0.05, 0) is 43.7 Å². The van der Waals surface area contributed by atoms with E-state index in [4.69, 9.17) is 0 Å². The molecular formula is C28H46N6S2. The Morgan fingerprint density at radius 3 is 1.25 bits per heavy atom. The van der Waals surface area contributed by atoms with Crippen LogP contribution in [-0.2, 0) is 14.1 Å². The summed E-state index contributed by atoms with van der Waals surface area (Å²) in [7, 11) is 3.87. The van der Waals surface area contributed by atoms with E-state index in [1.54, 1.807) is 22.7 Å². The van der Waals surface area contributed by atoms with E-state index in [9.17, 15) is 0 Å². The first kappa shape index (κ1) is 31.7. The first-order valence-corrected chi connectivity index (χ1v) is 14.4. The molecule has 200 valence electrons. The van der Waals surface area contributed by atoms with Crippen molar-refractivity contribution in [3.63, 3.8) is 0 Å². The van der Waals surface area contributed by atoms with E-state index < -0.39 is 0 Å². The van der Waals surface area contributed by atoms with Gasteiger partial charge in [0.25, 0.3) is 0 Å². The predicted octanol–water partition coefficient (Wildman–Crippen LogP) is 8.24. The van der Waals surface area contributed by atoms with E-state index in [1.807, 2.05) is 61.8 Å². The molecule has 6 nitrogen and oxygen atoms in total. The van der Waals surface area contributed by atoms with Crippen LogP contribution in [0.5, 0.6) is 0 Å². The van der Waals surface area contributed by atoms with E-state index in [2.05, 4.69) is 86.3 Å². The number of thiazole rings is 2. The highest BCUT2D eigenvalue weighted by Gasteiger charge is 2.02. The second-order valence-electron chi connectivity index (χ2n) is 10.1. The molecule has 4 rings (SSSR count). The Morgan fingerprint density at radius 1 is 0.611 bits per heavy atom. The van der Waals surface area contributed by atoms with Gasteiger partial charge in [0.1, 0.15) is 0 Å². The minimum atomic E-state index is 0.547. The van der Waals surface area contributed by atoms with E-state index in [-0.39, 0.29) is 0 Å². The molecule has 0 saturated heterocycles. The Balaban J connectivity index is 0.000000240. The second kappa shape index (κ2) is 15.7. The molecule has 0 spiro atoms. The van der Waals surface area contributed by atoms with Gasteiger partial charge in [0.05, 0.1) is 27.1 Å². The summed E-state index contributed by atoms with van der Waals surface area (Å²) in [5.74, 6) is 2.26. The molecule has 0 aliphatic rings. The smallest absolute Gasteiger partial charge is 0.0953 e. The molecule has 0 fully saturated rings. The van der Waals surface area contributed by atoms with Crippen molar-refractivity contribution in [2.24, 2.45) is 14.1 Å². The summed E-state index contributed by atoms with van der Waals surface area (Å²) < 4.78 is 3.66. The van der Waals surface area contributed by atoms with E-state index in [0.29, 0.717) is 23.7 Å². The summed E-state index contributed by atoms with van der Waals surface area (Å²) in [6.07, 6.45) is 3.94. The topological polar surface area (TPSA) is 61.4 Å². The van der Waals surface area contributed by atoms with Crippen molar-refractivity contribution >= 4 is 22.7 Å². The van der Waals surface area contributed by atoms with Gasteiger partial charge in [0, 0.05) is 48.9 Å². The van der Waals surface area contributed by atoms with Crippen molar-refractivity contribution in [3.05, 3.63) is 68.1 Å². The van der Waals surface area contributed by atoms with Crippen molar-refractivity contribution in [2.45, 2.75) is 92.9 Å². The third kappa shape index (κ3) is 12.1. The summed E-state index contributed by atoms with van der Waals surface area (Å²) in [4.78, 5) is 8.66. The zero-order valence-electron chi connectivity index (χ0n) is 24.3. The molecule has 0 N–H and O–H groups in total. The molecule has 0 amide bonds. The molecule has 0 aliphatic heterocycles. The van der Waals surface area contributed by atoms with Gasteiger partial charge < -0.3 is 0 Å². The van der Waals surface area contributed by atoms with Gasteiger partial charge in [-0.1, -0.05) is 55.4 Å². The molecule has 4 aromatic heterocycles. The third-order valence-electron chi connectivity index (χ3n) is 5.01. The highest BCUT2D eigenvalue weighted by molar-refractivity contribution is 7.09. The lowest BCUT2D eigenvalue weighted by Gasteiger charge is -1.95. The van der Waals surface area contributed by atoms with Crippen LogP contribution in [0.4, 0.5) is 0 Å². The molecule has 0 bridgehead atoms. The van der Waals surface area contributed by atoms with Gasteiger partial charge in [0.2, 0.25) is 0 Å². The first-order chi connectivity index (χ1) is 16.8. The molecule has 4 aromatic rings. The Morgan fingerprint density at radius 2 is 1.08 bits per heavy atom. The molecule has 0 atom stereocenters. The zero-order chi connectivity index (χ0) is 27.4. The maximum absolute atomic E-state index is 4.33. The Labute approximate surface area is 226 Å². The molecular weight excluding hydrogens is 484 g/mol. The summed E-state index contributed by atoms with van der Waals surface area (Å²) >= 11 is 3.47. The van der Waals surface area contributed by atoms with Crippen molar-refractivity contribution < 1.29 is 0 Å². The molecule has 0 saturated carbocycles. The Bertz CT molecular complexity index is 938. The van der Waals surface area contributed by atoms with Gasteiger partial charge in [-0.15, -0.1) is 22.7 Å². The molecule has 0 radical (unpaired) electrons. The van der Waals surface area contributed by atoms with Gasteiger partial charge in [-0.2, -0.15) is 10.2 Å².